The molecule has 0 unspecified atom stereocenters. The Bertz CT molecular complexity index is 832. The highest BCUT2D eigenvalue weighted by molar-refractivity contribution is 7.12. The second kappa shape index (κ2) is 7.70. The quantitative estimate of drug-likeness (QED) is 0.837. The van der Waals surface area contributed by atoms with Gasteiger partial charge in [-0.1, -0.05) is 12.1 Å². The van der Waals surface area contributed by atoms with Crippen LogP contribution < -0.4 is 5.32 Å². The van der Waals surface area contributed by atoms with Crippen LogP contribution in [0.1, 0.15) is 38.4 Å². The predicted octanol–water partition coefficient (Wildman–Crippen LogP) is 3.09. The molecule has 0 saturated carbocycles. The number of aryl methyl sites for hydroxylation is 1. The number of rotatable bonds is 4. The van der Waals surface area contributed by atoms with Crippen molar-refractivity contribution in [2.75, 3.05) is 19.0 Å². The minimum absolute atomic E-state index is 0.113. The number of nitrogens with zero attached hydrogens (tertiary/aromatic N) is 1. The normalized spacial score (nSPS) is 16.4. The van der Waals surface area contributed by atoms with Gasteiger partial charge in [-0.2, -0.15) is 0 Å². The molecule has 2 amide bonds. The molecule has 1 N–H and O–H groups in total. The summed E-state index contributed by atoms with van der Waals surface area (Å²) in [6, 6.07) is 8.09. The summed E-state index contributed by atoms with van der Waals surface area (Å²) in [7, 11) is 1.31. The molecule has 2 heterocycles. The number of anilines is 1. The molecule has 6 nitrogen and oxygen atoms in total. The molecule has 2 aromatic rings. The molecule has 1 fully saturated rings. The first-order valence-corrected chi connectivity index (χ1v) is 9.23. The summed E-state index contributed by atoms with van der Waals surface area (Å²) in [5, 5.41) is 4.71. The minimum Gasteiger partial charge on any atom is -0.465 e. The fourth-order valence-corrected chi connectivity index (χ4v) is 3.72. The average Bonchev–Trinajstić information content (AvgIpc) is 3.34. The van der Waals surface area contributed by atoms with Crippen LogP contribution in [0.3, 0.4) is 0 Å². The Morgan fingerprint density at radius 3 is 2.77 bits per heavy atom. The third-order valence-corrected chi connectivity index (χ3v) is 5.32. The number of methoxy groups -OCH3 is 1. The number of carbonyl (C=O) groups is 3. The zero-order valence-electron chi connectivity index (χ0n) is 14.7. The van der Waals surface area contributed by atoms with E-state index in [0.717, 1.165) is 12.0 Å². The number of thiophene rings is 1. The van der Waals surface area contributed by atoms with E-state index in [1.165, 1.54) is 18.4 Å². The van der Waals surface area contributed by atoms with Crippen LogP contribution in [0.4, 0.5) is 5.69 Å². The first-order valence-electron chi connectivity index (χ1n) is 8.35. The first-order chi connectivity index (χ1) is 12.5. The second-order valence-corrected chi connectivity index (χ2v) is 7.09. The van der Waals surface area contributed by atoms with E-state index in [9.17, 15) is 14.4 Å². The van der Waals surface area contributed by atoms with Gasteiger partial charge < -0.3 is 15.0 Å². The lowest BCUT2D eigenvalue weighted by Gasteiger charge is -2.24. The van der Waals surface area contributed by atoms with Crippen molar-refractivity contribution in [3.63, 3.8) is 0 Å². The maximum Gasteiger partial charge on any atom is 0.337 e. The molecule has 1 aromatic heterocycles. The van der Waals surface area contributed by atoms with Crippen LogP contribution in [0.25, 0.3) is 0 Å². The first kappa shape index (κ1) is 18.1. The molecule has 0 aliphatic carbocycles. The van der Waals surface area contributed by atoms with Crippen molar-refractivity contribution in [2.45, 2.75) is 25.8 Å². The van der Waals surface area contributed by atoms with Gasteiger partial charge in [-0.15, -0.1) is 11.3 Å². The van der Waals surface area contributed by atoms with E-state index in [0.29, 0.717) is 29.1 Å². The van der Waals surface area contributed by atoms with Crippen molar-refractivity contribution >= 4 is 34.8 Å². The number of nitrogens with one attached hydrogen (secondary N) is 1. The molecular formula is C19H20N2O4S. The van der Waals surface area contributed by atoms with Gasteiger partial charge >= 0.3 is 5.97 Å². The van der Waals surface area contributed by atoms with Gasteiger partial charge in [0.1, 0.15) is 6.04 Å². The van der Waals surface area contributed by atoms with E-state index in [4.69, 9.17) is 4.74 Å². The van der Waals surface area contributed by atoms with Crippen LogP contribution in [0, 0.1) is 6.92 Å². The van der Waals surface area contributed by atoms with Crippen LogP contribution in [0.5, 0.6) is 0 Å². The van der Waals surface area contributed by atoms with Crippen LogP contribution in [-0.4, -0.2) is 42.4 Å². The van der Waals surface area contributed by atoms with Crippen molar-refractivity contribution < 1.29 is 19.1 Å². The van der Waals surface area contributed by atoms with Gasteiger partial charge in [0, 0.05) is 12.2 Å². The summed E-state index contributed by atoms with van der Waals surface area (Å²) in [5.41, 5.74) is 1.75. The van der Waals surface area contributed by atoms with E-state index in [-0.39, 0.29) is 11.8 Å². The van der Waals surface area contributed by atoms with Gasteiger partial charge in [-0.25, -0.2) is 4.79 Å². The number of esters is 1. The fraction of sp³-hybridized carbons (Fsp3) is 0.316. The van der Waals surface area contributed by atoms with E-state index in [1.54, 1.807) is 29.2 Å². The number of hydrogen-bond acceptors (Lipinski definition) is 5. The van der Waals surface area contributed by atoms with Gasteiger partial charge in [0.25, 0.3) is 5.91 Å². The van der Waals surface area contributed by atoms with Gasteiger partial charge in [0.2, 0.25) is 5.91 Å². The number of carbonyl (C=O) groups excluding carboxylic acids is 3. The summed E-state index contributed by atoms with van der Waals surface area (Å²) in [6.07, 6.45) is 1.41. The number of amides is 2. The minimum atomic E-state index is -0.509. The predicted molar refractivity (Wildman–Crippen MR) is 99.5 cm³/mol. The largest absolute Gasteiger partial charge is 0.465 e. The summed E-state index contributed by atoms with van der Waals surface area (Å²) >= 11 is 1.37. The Hall–Kier alpha value is -2.67. The summed E-state index contributed by atoms with van der Waals surface area (Å²) in [6.45, 7) is 2.41. The third kappa shape index (κ3) is 3.62. The molecule has 7 heteroatoms. The summed E-state index contributed by atoms with van der Waals surface area (Å²) in [5.74, 6) is -0.814. The monoisotopic (exact) mass is 372 g/mol. The van der Waals surface area contributed by atoms with Gasteiger partial charge in [0.15, 0.2) is 0 Å². The Morgan fingerprint density at radius 1 is 1.27 bits per heavy atom. The molecule has 1 aliphatic rings. The van der Waals surface area contributed by atoms with Crippen LogP contribution >= 0.6 is 11.3 Å². The molecule has 1 aliphatic heterocycles. The van der Waals surface area contributed by atoms with Crippen LogP contribution in [0.15, 0.2) is 35.7 Å². The molecule has 1 saturated heterocycles. The zero-order valence-corrected chi connectivity index (χ0v) is 15.5. The fourth-order valence-electron chi connectivity index (χ4n) is 3.04. The molecule has 136 valence electrons. The van der Waals surface area contributed by atoms with Crippen molar-refractivity contribution in [3.05, 3.63) is 51.7 Å². The van der Waals surface area contributed by atoms with Crippen molar-refractivity contribution in [1.82, 2.24) is 4.90 Å². The Balaban J connectivity index is 1.77. The summed E-state index contributed by atoms with van der Waals surface area (Å²) < 4.78 is 4.72. The van der Waals surface area contributed by atoms with Crippen molar-refractivity contribution in [3.8, 4) is 0 Å². The molecule has 3 rings (SSSR count). The van der Waals surface area contributed by atoms with E-state index in [2.05, 4.69) is 5.32 Å². The Kier molecular flexibility index (Phi) is 5.37. The highest BCUT2D eigenvalue weighted by atomic mass is 32.1. The maximum absolute atomic E-state index is 12.8. The number of benzene rings is 1. The summed E-state index contributed by atoms with van der Waals surface area (Å²) in [4.78, 5) is 39.4. The zero-order chi connectivity index (χ0) is 18.7. The van der Waals surface area contributed by atoms with Gasteiger partial charge in [-0.3, -0.25) is 9.59 Å². The standard InChI is InChI=1S/C19H20N2O4S/c1-12-7-8-13(19(24)25-2)11-14(12)20-17(22)15-5-3-9-21(15)18(23)16-6-4-10-26-16/h4,6-8,10-11,15H,3,5,9H2,1-2H3,(H,20,22)/t15-/m1/s1. The molecule has 0 radical (unpaired) electrons. The number of hydrogen-bond donors (Lipinski definition) is 1. The van der Waals surface area contributed by atoms with Gasteiger partial charge in [-0.05, 0) is 48.9 Å². The molecule has 1 atom stereocenters. The van der Waals surface area contributed by atoms with E-state index >= 15 is 0 Å². The van der Waals surface area contributed by atoms with Gasteiger partial charge in [0.05, 0.1) is 17.6 Å². The van der Waals surface area contributed by atoms with Crippen LogP contribution in [-0.2, 0) is 9.53 Å². The maximum atomic E-state index is 12.8. The topological polar surface area (TPSA) is 75.7 Å². The highest BCUT2D eigenvalue weighted by Crippen LogP contribution is 2.24. The van der Waals surface area contributed by atoms with Crippen molar-refractivity contribution in [2.24, 2.45) is 0 Å². The average molecular weight is 372 g/mol. The molecule has 26 heavy (non-hydrogen) atoms. The SMILES string of the molecule is COC(=O)c1ccc(C)c(NC(=O)[C@H]2CCCN2C(=O)c2cccs2)c1. The van der Waals surface area contributed by atoms with Crippen molar-refractivity contribution in [1.29, 1.82) is 0 Å². The number of likely N-dealkylation sites (tertiary alicyclic amines) is 1. The third-order valence-electron chi connectivity index (χ3n) is 4.46. The molecular weight excluding hydrogens is 352 g/mol. The smallest absolute Gasteiger partial charge is 0.337 e. The molecule has 0 bridgehead atoms. The van der Waals surface area contributed by atoms with E-state index < -0.39 is 12.0 Å². The van der Waals surface area contributed by atoms with Crippen LogP contribution in [0.2, 0.25) is 0 Å². The Labute approximate surface area is 155 Å². The lowest BCUT2D eigenvalue weighted by Crippen LogP contribution is -2.43. The van der Waals surface area contributed by atoms with E-state index in [1.807, 2.05) is 18.4 Å². The second-order valence-electron chi connectivity index (χ2n) is 6.14. The molecule has 1 aromatic carbocycles. The lowest BCUT2D eigenvalue weighted by molar-refractivity contribution is -0.119. The Morgan fingerprint density at radius 2 is 2.08 bits per heavy atom. The number of ether oxygens (including phenoxy) is 1. The molecule has 0 spiro atoms. The lowest BCUT2D eigenvalue weighted by atomic mass is 10.1. The highest BCUT2D eigenvalue weighted by Gasteiger charge is 2.35.